The lowest BCUT2D eigenvalue weighted by molar-refractivity contribution is -0.118. The van der Waals surface area contributed by atoms with Crippen LogP contribution in [-0.4, -0.2) is 47.5 Å². The van der Waals surface area contributed by atoms with E-state index in [1.165, 1.54) is 6.07 Å². The van der Waals surface area contributed by atoms with Gasteiger partial charge < -0.3 is 15.1 Å². The van der Waals surface area contributed by atoms with Crippen molar-refractivity contribution in [1.29, 1.82) is 0 Å². The number of hydrogen-bond acceptors (Lipinski definition) is 5. The molecule has 4 rings (SSSR count). The van der Waals surface area contributed by atoms with E-state index in [9.17, 15) is 9.18 Å². The number of amides is 1. The molecule has 2 aromatic carbocycles. The van der Waals surface area contributed by atoms with E-state index in [2.05, 4.69) is 10.3 Å². The minimum Gasteiger partial charge on any atom is -0.342 e. The summed E-state index contributed by atoms with van der Waals surface area (Å²) < 4.78 is 14.1. The molecule has 3 aromatic rings. The molecule has 0 aliphatic carbocycles. The van der Waals surface area contributed by atoms with E-state index in [0.717, 1.165) is 17.7 Å². The van der Waals surface area contributed by atoms with Crippen molar-refractivity contribution in [3.05, 3.63) is 66.5 Å². The second kappa shape index (κ2) is 8.04. The van der Waals surface area contributed by atoms with E-state index < -0.39 is 0 Å². The number of nitrogens with one attached hydrogen (secondary N) is 1. The molecule has 28 heavy (non-hydrogen) atoms. The van der Waals surface area contributed by atoms with Crippen molar-refractivity contribution in [3.8, 4) is 11.3 Å². The lowest BCUT2D eigenvalue weighted by Crippen LogP contribution is -2.46. The molecule has 2 heterocycles. The predicted molar refractivity (Wildman–Crippen MR) is 107 cm³/mol. The van der Waals surface area contributed by atoms with Crippen LogP contribution in [0.1, 0.15) is 0 Å². The van der Waals surface area contributed by atoms with Crippen LogP contribution in [0.5, 0.6) is 0 Å². The maximum absolute atomic E-state index is 14.1. The number of benzene rings is 2. The van der Waals surface area contributed by atoms with Gasteiger partial charge in [0.15, 0.2) is 0 Å². The highest BCUT2D eigenvalue weighted by atomic mass is 19.1. The first-order valence-electron chi connectivity index (χ1n) is 9.13. The Labute approximate surface area is 162 Å². The Balaban J connectivity index is 1.69. The van der Waals surface area contributed by atoms with E-state index >= 15 is 0 Å². The third-order valence-electron chi connectivity index (χ3n) is 4.67. The molecule has 1 aliphatic rings. The Morgan fingerprint density at radius 3 is 2.36 bits per heavy atom. The van der Waals surface area contributed by atoms with Crippen LogP contribution >= 0.6 is 0 Å². The van der Waals surface area contributed by atoms with E-state index in [0.29, 0.717) is 43.6 Å². The zero-order valence-corrected chi connectivity index (χ0v) is 15.3. The van der Waals surface area contributed by atoms with Gasteiger partial charge in [0.2, 0.25) is 12.4 Å². The van der Waals surface area contributed by atoms with E-state index in [1.807, 2.05) is 41.3 Å². The normalized spacial score (nSPS) is 14.0. The molecule has 7 heteroatoms. The van der Waals surface area contributed by atoms with E-state index in [1.54, 1.807) is 23.1 Å². The molecular formula is C21H20FN5O. The SMILES string of the molecule is O=CN1CCN(c2nc(Nc3ccccc3F)cc(-c3ccccc3)n2)CC1. The van der Waals surface area contributed by atoms with Gasteiger partial charge in [-0.05, 0) is 12.1 Å². The lowest BCUT2D eigenvalue weighted by Gasteiger charge is -2.32. The number of carbonyl (C=O) groups is 1. The monoisotopic (exact) mass is 377 g/mol. The van der Waals surface area contributed by atoms with Crippen LogP contribution in [-0.2, 0) is 4.79 Å². The van der Waals surface area contributed by atoms with Gasteiger partial charge in [-0.25, -0.2) is 9.37 Å². The molecule has 6 nitrogen and oxygen atoms in total. The number of para-hydroxylation sites is 1. The van der Waals surface area contributed by atoms with Gasteiger partial charge in [-0.1, -0.05) is 42.5 Å². The third kappa shape index (κ3) is 3.93. The Kier molecular flexibility index (Phi) is 5.14. The average Bonchev–Trinajstić information content (AvgIpc) is 2.76. The van der Waals surface area contributed by atoms with Crippen molar-refractivity contribution in [2.24, 2.45) is 0 Å². The molecule has 0 spiro atoms. The van der Waals surface area contributed by atoms with Crippen LogP contribution in [0.15, 0.2) is 60.7 Å². The topological polar surface area (TPSA) is 61.4 Å². The molecule has 0 bridgehead atoms. The fourth-order valence-electron chi connectivity index (χ4n) is 3.12. The molecule has 1 aliphatic heterocycles. The van der Waals surface area contributed by atoms with Crippen molar-refractivity contribution < 1.29 is 9.18 Å². The van der Waals surface area contributed by atoms with E-state index in [-0.39, 0.29) is 5.82 Å². The van der Waals surface area contributed by atoms with Crippen LogP contribution in [0.3, 0.4) is 0 Å². The molecule has 1 saturated heterocycles. The fourth-order valence-corrected chi connectivity index (χ4v) is 3.12. The Morgan fingerprint density at radius 1 is 0.929 bits per heavy atom. The summed E-state index contributed by atoms with van der Waals surface area (Å²) in [5.74, 6) is 0.737. The summed E-state index contributed by atoms with van der Waals surface area (Å²) in [7, 11) is 0. The minimum absolute atomic E-state index is 0.344. The second-order valence-corrected chi connectivity index (χ2v) is 6.54. The van der Waals surface area contributed by atoms with Gasteiger partial charge in [-0.3, -0.25) is 4.79 Å². The Bertz CT molecular complexity index is 958. The number of nitrogens with zero attached hydrogens (tertiary/aromatic N) is 4. The van der Waals surface area contributed by atoms with Gasteiger partial charge in [0.05, 0.1) is 11.4 Å². The fraction of sp³-hybridized carbons (Fsp3) is 0.190. The maximum Gasteiger partial charge on any atom is 0.228 e. The molecule has 0 atom stereocenters. The number of piperazine rings is 1. The highest BCUT2D eigenvalue weighted by Crippen LogP contribution is 2.26. The van der Waals surface area contributed by atoms with Crippen LogP contribution in [0, 0.1) is 5.82 Å². The van der Waals surface area contributed by atoms with Gasteiger partial charge in [0, 0.05) is 37.8 Å². The molecule has 1 N–H and O–H groups in total. The molecule has 1 aromatic heterocycles. The summed E-state index contributed by atoms with van der Waals surface area (Å²) in [5.41, 5.74) is 2.06. The maximum atomic E-state index is 14.1. The summed E-state index contributed by atoms with van der Waals surface area (Å²) in [6, 6.07) is 18.1. The van der Waals surface area contributed by atoms with Crippen LogP contribution in [0.25, 0.3) is 11.3 Å². The number of rotatable bonds is 5. The highest BCUT2D eigenvalue weighted by Gasteiger charge is 2.19. The third-order valence-corrected chi connectivity index (χ3v) is 4.67. The van der Waals surface area contributed by atoms with Gasteiger partial charge in [0.25, 0.3) is 0 Å². The Hall–Kier alpha value is -3.48. The lowest BCUT2D eigenvalue weighted by atomic mass is 10.1. The summed E-state index contributed by atoms with van der Waals surface area (Å²) in [5, 5.41) is 3.06. The van der Waals surface area contributed by atoms with Gasteiger partial charge in [0.1, 0.15) is 11.6 Å². The van der Waals surface area contributed by atoms with Crippen molar-refractivity contribution in [2.75, 3.05) is 36.4 Å². The molecule has 142 valence electrons. The summed E-state index contributed by atoms with van der Waals surface area (Å²) >= 11 is 0. The number of aromatic nitrogens is 2. The largest absolute Gasteiger partial charge is 0.342 e. The molecule has 0 unspecified atom stereocenters. The summed E-state index contributed by atoms with van der Waals surface area (Å²) in [6.45, 7) is 2.54. The van der Waals surface area contributed by atoms with Crippen LogP contribution in [0.4, 0.5) is 21.8 Å². The van der Waals surface area contributed by atoms with Gasteiger partial charge in [-0.2, -0.15) is 4.98 Å². The van der Waals surface area contributed by atoms with Gasteiger partial charge >= 0.3 is 0 Å². The molecular weight excluding hydrogens is 357 g/mol. The molecule has 0 saturated carbocycles. The molecule has 1 amide bonds. The number of halogens is 1. The number of carbonyl (C=O) groups excluding carboxylic acids is 1. The van der Waals surface area contributed by atoms with Crippen molar-refractivity contribution in [1.82, 2.24) is 14.9 Å². The van der Waals surface area contributed by atoms with Crippen molar-refractivity contribution in [2.45, 2.75) is 0 Å². The average molecular weight is 377 g/mol. The molecule has 1 fully saturated rings. The van der Waals surface area contributed by atoms with E-state index in [4.69, 9.17) is 4.98 Å². The summed E-state index contributed by atoms with van der Waals surface area (Å²) in [6.07, 6.45) is 0.865. The zero-order chi connectivity index (χ0) is 19.3. The first-order valence-corrected chi connectivity index (χ1v) is 9.13. The first-order chi connectivity index (χ1) is 13.7. The number of anilines is 3. The minimum atomic E-state index is -0.344. The van der Waals surface area contributed by atoms with Gasteiger partial charge in [-0.15, -0.1) is 0 Å². The van der Waals surface area contributed by atoms with Crippen molar-refractivity contribution >= 4 is 23.9 Å². The van der Waals surface area contributed by atoms with Crippen molar-refractivity contribution in [3.63, 3.8) is 0 Å². The highest BCUT2D eigenvalue weighted by molar-refractivity contribution is 5.67. The smallest absolute Gasteiger partial charge is 0.228 e. The zero-order valence-electron chi connectivity index (χ0n) is 15.3. The van der Waals surface area contributed by atoms with Crippen LogP contribution < -0.4 is 10.2 Å². The molecule has 0 radical (unpaired) electrons. The Morgan fingerprint density at radius 2 is 1.64 bits per heavy atom. The second-order valence-electron chi connectivity index (χ2n) is 6.54. The summed E-state index contributed by atoms with van der Waals surface area (Å²) in [4.78, 5) is 24.1. The standard InChI is InChI=1S/C21H20FN5O/c22-17-8-4-5-9-18(17)23-20-14-19(16-6-2-1-3-7-16)24-21(25-20)27-12-10-26(15-28)11-13-27/h1-9,14-15H,10-13H2,(H,23,24,25). The predicted octanol–water partition coefficient (Wildman–Crippen LogP) is 3.30. The number of hydrogen-bond donors (Lipinski definition) is 1. The quantitative estimate of drug-likeness (QED) is 0.692. The first kappa shape index (κ1) is 17.9. The van der Waals surface area contributed by atoms with Crippen LogP contribution in [0.2, 0.25) is 0 Å².